The summed E-state index contributed by atoms with van der Waals surface area (Å²) in [5, 5.41) is 13.4. The summed E-state index contributed by atoms with van der Waals surface area (Å²) in [4.78, 5) is 13.1. The third-order valence-electron chi connectivity index (χ3n) is 3.82. The Morgan fingerprint density at radius 2 is 2.08 bits per heavy atom. The van der Waals surface area contributed by atoms with Gasteiger partial charge in [0.15, 0.2) is 0 Å². The summed E-state index contributed by atoms with van der Waals surface area (Å²) in [6.45, 7) is 4.02. The number of rotatable bonds is 5. The van der Waals surface area contributed by atoms with Gasteiger partial charge in [-0.15, -0.1) is 11.3 Å². The van der Waals surface area contributed by atoms with Crippen LogP contribution in [0.1, 0.15) is 24.6 Å². The van der Waals surface area contributed by atoms with E-state index in [4.69, 9.17) is 10.5 Å². The Balaban J connectivity index is 2.27. The Hall–Kier alpha value is -2.67. The number of anilines is 1. The molecule has 0 spiro atoms. The van der Waals surface area contributed by atoms with E-state index < -0.39 is 0 Å². The molecular weight excluding hydrogens is 336 g/mol. The number of phenolic OH excluding ortho intramolecular Hbond substituents is 1. The van der Waals surface area contributed by atoms with Crippen molar-refractivity contribution in [2.75, 3.05) is 12.8 Å². The molecule has 3 rings (SSSR count). The van der Waals surface area contributed by atoms with Crippen LogP contribution in [0.5, 0.6) is 11.5 Å². The molecule has 0 bridgehead atoms. The van der Waals surface area contributed by atoms with E-state index in [2.05, 4.69) is 21.9 Å². The molecule has 0 unspecified atom stereocenters. The Labute approximate surface area is 150 Å². The normalized spacial score (nSPS) is 10.8. The highest BCUT2D eigenvalue weighted by Crippen LogP contribution is 2.41. The molecule has 3 N–H and O–H groups in total. The van der Waals surface area contributed by atoms with E-state index in [0.717, 1.165) is 34.7 Å². The van der Waals surface area contributed by atoms with Crippen molar-refractivity contribution in [3.63, 3.8) is 0 Å². The largest absolute Gasteiger partial charge is 0.507 e. The Morgan fingerprint density at radius 1 is 1.28 bits per heavy atom. The van der Waals surface area contributed by atoms with Gasteiger partial charge in [0.25, 0.3) is 0 Å². The van der Waals surface area contributed by atoms with Crippen molar-refractivity contribution in [1.29, 1.82) is 0 Å². The maximum absolute atomic E-state index is 10.7. The first kappa shape index (κ1) is 17.2. The highest BCUT2D eigenvalue weighted by Gasteiger charge is 2.20. The van der Waals surface area contributed by atoms with Gasteiger partial charge >= 0.3 is 0 Å². The summed E-state index contributed by atoms with van der Waals surface area (Å²) >= 11 is 1.51. The van der Waals surface area contributed by atoms with E-state index in [1.165, 1.54) is 11.3 Å². The second kappa shape index (κ2) is 7.06. The molecule has 0 saturated heterocycles. The monoisotopic (exact) mass is 356 g/mol. The number of aryl methyl sites for hydroxylation is 2. The molecule has 6 nitrogen and oxygen atoms in total. The first-order chi connectivity index (χ1) is 12.0. The maximum Gasteiger partial charge on any atom is 0.220 e. The molecule has 0 aliphatic heterocycles. The number of aromatic nitrogens is 3. The van der Waals surface area contributed by atoms with Gasteiger partial charge in [-0.1, -0.05) is 13.3 Å². The molecule has 130 valence electrons. The van der Waals surface area contributed by atoms with Crippen LogP contribution in [0.4, 0.5) is 5.95 Å². The zero-order valence-corrected chi connectivity index (χ0v) is 15.2. The molecule has 0 aliphatic carbocycles. The third kappa shape index (κ3) is 3.41. The second-order valence-electron chi connectivity index (χ2n) is 5.72. The van der Waals surface area contributed by atoms with Gasteiger partial charge in [-0.05, 0) is 25.0 Å². The lowest BCUT2D eigenvalue weighted by molar-refractivity contribution is 0.407. The number of benzene rings is 1. The van der Waals surface area contributed by atoms with Crippen molar-refractivity contribution in [2.24, 2.45) is 0 Å². The van der Waals surface area contributed by atoms with E-state index in [-0.39, 0.29) is 11.7 Å². The average molecular weight is 356 g/mol. The maximum atomic E-state index is 10.7. The van der Waals surface area contributed by atoms with Crippen LogP contribution in [0.25, 0.3) is 21.8 Å². The highest BCUT2D eigenvalue weighted by atomic mass is 32.1. The van der Waals surface area contributed by atoms with E-state index in [1.807, 2.05) is 18.4 Å². The van der Waals surface area contributed by atoms with Crippen LogP contribution < -0.4 is 10.5 Å². The number of nitrogens with zero attached hydrogens (tertiary/aromatic N) is 3. The molecule has 2 heterocycles. The smallest absolute Gasteiger partial charge is 0.220 e. The molecule has 3 aromatic rings. The number of hydrogen-bond acceptors (Lipinski definition) is 7. The molecule has 0 atom stereocenters. The number of nitrogen functional groups attached to an aromatic ring is 1. The van der Waals surface area contributed by atoms with E-state index >= 15 is 0 Å². The zero-order valence-electron chi connectivity index (χ0n) is 14.4. The Kier molecular flexibility index (Phi) is 4.85. The van der Waals surface area contributed by atoms with Gasteiger partial charge in [-0.3, -0.25) is 0 Å². The number of hydrogen-bond donors (Lipinski definition) is 2. The van der Waals surface area contributed by atoms with Gasteiger partial charge in [0.2, 0.25) is 5.95 Å². The molecule has 0 fully saturated rings. The number of ether oxygens (including phenoxy) is 1. The van der Waals surface area contributed by atoms with Crippen molar-refractivity contribution in [1.82, 2.24) is 15.0 Å². The fraction of sp³-hybridized carbons (Fsp3) is 0.278. The van der Waals surface area contributed by atoms with Gasteiger partial charge in [-0.25, -0.2) is 15.0 Å². The Morgan fingerprint density at radius 3 is 2.72 bits per heavy atom. The minimum absolute atomic E-state index is 0.107. The summed E-state index contributed by atoms with van der Waals surface area (Å²) in [6.07, 6.45) is 3.36. The molecule has 7 heteroatoms. The van der Waals surface area contributed by atoms with E-state index in [9.17, 15) is 5.11 Å². The summed E-state index contributed by atoms with van der Waals surface area (Å²) < 4.78 is 5.29. The topological polar surface area (TPSA) is 94.2 Å². The standard InChI is InChI=1S/C18H20N4O2S/c1-4-5-11-6-12(24-3)7-14(23)15(11)16-13(8-20-18(19)22-16)17-21-10(2)9-25-17/h6-9,23H,4-5H2,1-3H3,(H2,19,20,22). The molecule has 2 aromatic heterocycles. The predicted molar refractivity (Wildman–Crippen MR) is 99.9 cm³/mol. The van der Waals surface area contributed by atoms with Gasteiger partial charge in [0.05, 0.1) is 18.4 Å². The van der Waals surface area contributed by atoms with Crippen LogP contribution in [0.3, 0.4) is 0 Å². The van der Waals surface area contributed by atoms with Crippen molar-refractivity contribution >= 4 is 17.3 Å². The number of nitrogens with two attached hydrogens (primary N) is 1. The van der Waals surface area contributed by atoms with E-state index in [1.54, 1.807) is 19.4 Å². The highest BCUT2D eigenvalue weighted by molar-refractivity contribution is 7.13. The number of phenols is 1. The molecule has 25 heavy (non-hydrogen) atoms. The quantitative estimate of drug-likeness (QED) is 0.721. The van der Waals surface area contributed by atoms with Gasteiger partial charge in [0, 0.05) is 28.9 Å². The molecular formula is C18H20N4O2S. The molecule has 1 aromatic carbocycles. The lowest BCUT2D eigenvalue weighted by Crippen LogP contribution is -2.01. The van der Waals surface area contributed by atoms with Crippen LogP contribution in [0, 0.1) is 6.92 Å². The molecule has 0 saturated carbocycles. The fourth-order valence-corrected chi connectivity index (χ4v) is 3.54. The van der Waals surface area contributed by atoms with Crippen molar-refractivity contribution in [3.05, 3.63) is 35.0 Å². The summed E-state index contributed by atoms with van der Waals surface area (Å²) in [5.74, 6) is 0.874. The lowest BCUT2D eigenvalue weighted by atomic mass is 9.96. The number of methoxy groups -OCH3 is 1. The zero-order chi connectivity index (χ0) is 18.0. The van der Waals surface area contributed by atoms with Gasteiger partial charge < -0.3 is 15.6 Å². The second-order valence-corrected chi connectivity index (χ2v) is 6.57. The first-order valence-corrected chi connectivity index (χ1v) is 8.86. The van der Waals surface area contributed by atoms with Crippen LogP contribution in [0.15, 0.2) is 23.7 Å². The minimum atomic E-state index is 0.107. The van der Waals surface area contributed by atoms with Crippen LogP contribution in [0.2, 0.25) is 0 Å². The van der Waals surface area contributed by atoms with Crippen molar-refractivity contribution in [3.8, 4) is 33.3 Å². The Bertz CT molecular complexity index is 908. The minimum Gasteiger partial charge on any atom is -0.507 e. The number of thiazole rings is 1. The summed E-state index contributed by atoms with van der Waals surface area (Å²) in [7, 11) is 1.58. The third-order valence-corrected chi connectivity index (χ3v) is 4.81. The van der Waals surface area contributed by atoms with Crippen LogP contribution >= 0.6 is 11.3 Å². The van der Waals surface area contributed by atoms with Gasteiger partial charge in [-0.2, -0.15) is 0 Å². The van der Waals surface area contributed by atoms with Crippen molar-refractivity contribution < 1.29 is 9.84 Å². The predicted octanol–water partition coefficient (Wildman–Crippen LogP) is 3.82. The van der Waals surface area contributed by atoms with Gasteiger partial charge in [0.1, 0.15) is 16.5 Å². The van der Waals surface area contributed by atoms with Crippen molar-refractivity contribution in [2.45, 2.75) is 26.7 Å². The summed E-state index contributed by atoms with van der Waals surface area (Å²) in [6, 6.07) is 3.51. The van der Waals surface area contributed by atoms with Crippen LogP contribution in [-0.4, -0.2) is 27.2 Å². The lowest BCUT2D eigenvalue weighted by Gasteiger charge is -2.15. The molecule has 0 aliphatic rings. The van der Waals surface area contributed by atoms with Crippen LogP contribution in [-0.2, 0) is 6.42 Å². The average Bonchev–Trinajstić information content (AvgIpc) is 3.01. The SMILES string of the molecule is CCCc1cc(OC)cc(O)c1-c1nc(N)ncc1-c1nc(C)cs1. The molecule has 0 amide bonds. The molecule has 0 radical (unpaired) electrons. The fourth-order valence-electron chi connectivity index (χ4n) is 2.73. The van der Waals surface area contributed by atoms with E-state index in [0.29, 0.717) is 17.0 Å². The first-order valence-electron chi connectivity index (χ1n) is 7.98. The number of aromatic hydroxyl groups is 1. The summed E-state index contributed by atoms with van der Waals surface area (Å²) in [5.41, 5.74) is 9.71.